The Bertz CT molecular complexity index is 1180. The molecular formula is C26H33N7OS2. The topological polar surface area (TPSA) is 95.1 Å². The van der Waals surface area contributed by atoms with Crippen molar-refractivity contribution in [2.24, 2.45) is 0 Å². The van der Waals surface area contributed by atoms with Gasteiger partial charge in [-0.2, -0.15) is 0 Å². The van der Waals surface area contributed by atoms with E-state index in [4.69, 9.17) is 0 Å². The molecule has 10 heteroatoms. The molecule has 36 heavy (non-hydrogen) atoms. The highest BCUT2D eigenvalue weighted by Gasteiger charge is 2.20. The SMILES string of the molecule is CN(Cc1ccccc1NC(=O)Nc1ncc(CCNc2ncnc3c2SCC3)s1)C1CCCCC1. The summed E-state index contributed by atoms with van der Waals surface area (Å²) in [5.41, 5.74) is 3.10. The lowest BCUT2D eigenvalue weighted by molar-refractivity contribution is 0.185. The van der Waals surface area contributed by atoms with Crippen molar-refractivity contribution in [1.29, 1.82) is 0 Å². The zero-order valence-electron chi connectivity index (χ0n) is 20.6. The molecule has 0 atom stereocenters. The molecule has 0 spiro atoms. The van der Waals surface area contributed by atoms with Crippen LogP contribution in [0.15, 0.2) is 41.7 Å². The number of para-hydroxylation sites is 1. The number of fused-ring (bicyclic) bond motifs is 1. The van der Waals surface area contributed by atoms with Crippen molar-refractivity contribution >= 4 is 45.8 Å². The van der Waals surface area contributed by atoms with E-state index in [1.165, 1.54) is 48.3 Å². The van der Waals surface area contributed by atoms with Gasteiger partial charge in [0.25, 0.3) is 0 Å². The van der Waals surface area contributed by atoms with Crippen molar-refractivity contribution in [2.45, 2.75) is 62.4 Å². The third kappa shape index (κ3) is 6.35. The molecule has 1 saturated carbocycles. The predicted molar refractivity (Wildman–Crippen MR) is 148 cm³/mol. The maximum atomic E-state index is 12.7. The molecule has 0 unspecified atom stereocenters. The first-order valence-electron chi connectivity index (χ1n) is 12.7. The maximum absolute atomic E-state index is 12.7. The van der Waals surface area contributed by atoms with E-state index in [1.54, 1.807) is 6.33 Å². The second-order valence-corrected chi connectivity index (χ2v) is 11.6. The number of rotatable bonds is 9. The normalized spacial score (nSPS) is 15.6. The molecule has 3 heterocycles. The number of urea groups is 1. The van der Waals surface area contributed by atoms with Crippen LogP contribution in [0.25, 0.3) is 0 Å². The Hall–Kier alpha value is -2.69. The number of aromatic nitrogens is 3. The molecule has 5 rings (SSSR count). The number of amides is 2. The number of nitrogens with one attached hydrogen (secondary N) is 3. The smallest absolute Gasteiger partial charge is 0.325 e. The molecule has 2 aromatic heterocycles. The molecular weight excluding hydrogens is 490 g/mol. The summed E-state index contributed by atoms with van der Waals surface area (Å²) in [5, 5.41) is 9.94. The van der Waals surface area contributed by atoms with E-state index in [2.05, 4.69) is 48.9 Å². The Morgan fingerprint density at radius 3 is 2.86 bits per heavy atom. The zero-order valence-corrected chi connectivity index (χ0v) is 22.3. The standard InChI is InChI=1S/C26H33N7OS2/c1-33(19-8-3-2-4-9-19)16-18-7-5-6-10-21(18)31-25(34)32-26-28-15-20(36-26)11-13-27-24-23-22(12-14-35-23)29-17-30-24/h5-7,10,15,17,19H,2-4,8-9,11-14,16H2,1H3,(H,27,29,30)(H2,28,31,32,34). The van der Waals surface area contributed by atoms with Gasteiger partial charge in [0.15, 0.2) is 5.13 Å². The van der Waals surface area contributed by atoms with E-state index in [0.29, 0.717) is 11.2 Å². The van der Waals surface area contributed by atoms with Crippen LogP contribution in [0.2, 0.25) is 0 Å². The third-order valence-corrected chi connectivity index (χ3v) is 8.88. The van der Waals surface area contributed by atoms with Gasteiger partial charge in [-0.15, -0.1) is 23.1 Å². The molecule has 8 nitrogen and oxygen atoms in total. The predicted octanol–water partition coefficient (Wildman–Crippen LogP) is 5.64. The number of carbonyl (C=O) groups is 1. The summed E-state index contributed by atoms with van der Waals surface area (Å²) >= 11 is 3.31. The van der Waals surface area contributed by atoms with Gasteiger partial charge >= 0.3 is 6.03 Å². The molecule has 0 bridgehead atoms. The van der Waals surface area contributed by atoms with Gasteiger partial charge in [-0.05, 0) is 31.5 Å². The van der Waals surface area contributed by atoms with Crippen LogP contribution >= 0.6 is 23.1 Å². The Morgan fingerprint density at radius 2 is 1.97 bits per heavy atom. The van der Waals surface area contributed by atoms with Crippen molar-refractivity contribution in [3.05, 3.63) is 52.9 Å². The number of carbonyl (C=O) groups excluding carboxylic acids is 1. The van der Waals surface area contributed by atoms with Gasteiger partial charge < -0.3 is 10.6 Å². The first-order valence-corrected chi connectivity index (χ1v) is 14.5. The monoisotopic (exact) mass is 523 g/mol. The largest absolute Gasteiger partial charge is 0.369 e. The second kappa shape index (κ2) is 12.0. The molecule has 0 saturated heterocycles. The zero-order chi connectivity index (χ0) is 24.7. The molecule has 1 fully saturated rings. The van der Waals surface area contributed by atoms with Crippen LogP contribution in [0, 0.1) is 0 Å². The number of nitrogens with zero attached hydrogens (tertiary/aromatic N) is 4. The van der Waals surface area contributed by atoms with Crippen LogP contribution in [-0.2, 0) is 19.4 Å². The number of thiazole rings is 1. The van der Waals surface area contributed by atoms with Gasteiger partial charge in [0, 0.05) is 54.5 Å². The van der Waals surface area contributed by atoms with Gasteiger partial charge in [0.1, 0.15) is 12.1 Å². The van der Waals surface area contributed by atoms with E-state index in [1.807, 2.05) is 36.2 Å². The summed E-state index contributed by atoms with van der Waals surface area (Å²) in [6.07, 6.45) is 11.8. The quantitative estimate of drug-likeness (QED) is 0.334. The summed E-state index contributed by atoms with van der Waals surface area (Å²) in [5.74, 6) is 1.98. The molecule has 0 radical (unpaired) electrons. The Morgan fingerprint density at radius 1 is 1.11 bits per heavy atom. The number of aryl methyl sites for hydroxylation is 1. The summed E-state index contributed by atoms with van der Waals surface area (Å²) in [7, 11) is 2.19. The average Bonchev–Trinajstić information content (AvgIpc) is 3.56. The molecule has 1 aliphatic heterocycles. The van der Waals surface area contributed by atoms with Gasteiger partial charge in [-0.25, -0.2) is 19.7 Å². The Kier molecular flexibility index (Phi) is 8.35. The highest BCUT2D eigenvalue weighted by molar-refractivity contribution is 7.99. The number of anilines is 3. The van der Waals surface area contributed by atoms with Crippen molar-refractivity contribution in [1.82, 2.24) is 19.9 Å². The van der Waals surface area contributed by atoms with Crippen LogP contribution in [0.5, 0.6) is 0 Å². The second-order valence-electron chi connectivity index (χ2n) is 9.35. The number of thioether (sulfide) groups is 1. The minimum Gasteiger partial charge on any atom is -0.369 e. The van der Waals surface area contributed by atoms with Gasteiger partial charge in [-0.1, -0.05) is 37.5 Å². The van der Waals surface area contributed by atoms with Crippen LogP contribution in [0.4, 0.5) is 21.4 Å². The van der Waals surface area contributed by atoms with E-state index in [0.717, 1.165) is 59.3 Å². The highest BCUT2D eigenvalue weighted by atomic mass is 32.2. The lowest BCUT2D eigenvalue weighted by Crippen LogP contribution is -2.33. The van der Waals surface area contributed by atoms with Gasteiger partial charge in [0.05, 0.1) is 10.6 Å². The fraction of sp³-hybridized carbons (Fsp3) is 0.462. The average molecular weight is 524 g/mol. The van der Waals surface area contributed by atoms with Gasteiger partial charge in [0.2, 0.25) is 0 Å². The van der Waals surface area contributed by atoms with Gasteiger partial charge in [-0.3, -0.25) is 10.2 Å². The Labute approximate surface area is 220 Å². The molecule has 1 aliphatic carbocycles. The third-order valence-electron chi connectivity index (χ3n) is 6.78. The molecule has 190 valence electrons. The highest BCUT2D eigenvalue weighted by Crippen LogP contribution is 2.34. The lowest BCUT2D eigenvalue weighted by atomic mass is 9.94. The minimum absolute atomic E-state index is 0.268. The summed E-state index contributed by atoms with van der Waals surface area (Å²) in [6, 6.07) is 8.40. The number of hydrogen-bond acceptors (Lipinski definition) is 8. The van der Waals surface area contributed by atoms with Crippen LogP contribution < -0.4 is 16.0 Å². The van der Waals surface area contributed by atoms with E-state index in [9.17, 15) is 4.79 Å². The molecule has 3 aromatic rings. The van der Waals surface area contributed by atoms with Crippen LogP contribution in [-0.4, -0.2) is 51.3 Å². The Balaban J connectivity index is 1.12. The molecule has 3 N–H and O–H groups in total. The van der Waals surface area contributed by atoms with Crippen molar-refractivity contribution in [2.75, 3.05) is 35.3 Å². The molecule has 2 amide bonds. The van der Waals surface area contributed by atoms with Crippen LogP contribution in [0.3, 0.4) is 0 Å². The first kappa shape index (κ1) is 25.0. The first-order chi connectivity index (χ1) is 17.7. The fourth-order valence-electron chi connectivity index (χ4n) is 4.85. The van der Waals surface area contributed by atoms with E-state index < -0.39 is 0 Å². The fourth-order valence-corrected chi connectivity index (χ4v) is 6.74. The molecule has 1 aromatic carbocycles. The van der Waals surface area contributed by atoms with E-state index in [-0.39, 0.29) is 6.03 Å². The number of benzene rings is 1. The lowest BCUT2D eigenvalue weighted by Gasteiger charge is -2.31. The van der Waals surface area contributed by atoms with Crippen molar-refractivity contribution < 1.29 is 4.79 Å². The molecule has 2 aliphatic rings. The van der Waals surface area contributed by atoms with E-state index >= 15 is 0 Å². The summed E-state index contributed by atoms with van der Waals surface area (Å²) in [6.45, 7) is 1.57. The van der Waals surface area contributed by atoms with Crippen LogP contribution in [0.1, 0.15) is 48.2 Å². The minimum atomic E-state index is -0.268. The number of hydrogen-bond donors (Lipinski definition) is 3. The summed E-state index contributed by atoms with van der Waals surface area (Å²) in [4.78, 5) is 30.6. The maximum Gasteiger partial charge on any atom is 0.325 e. The van der Waals surface area contributed by atoms with Crippen molar-refractivity contribution in [3.63, 3.8) is 0 Å². The van der Waals surface area contributed by atoms with Crippen molar-refractivity contribution in [3.8, 4) is 0 Å². The summed E-state index contributed by atoms with van der Waals surface area (Å²) < 4.78 is 0.